The molecule has 0 unspecified atom stereocenters. The largest absolute Gasteiger partial charge is 0.463 e. The van der Waals surface area contributed by atoms with E-state index in [4.69, 9.17) is 4.74 Å². The van der Waals surface area contributed by atoms with Gasteiger partial charge < -0.3 is 4.74 Å². The third-order valence-corrected chi connectivity index (χ3v) is 2.33. The van der Waals surface area contributed by atoms with Crippen molar-refractivity contribution in [3.63, 3.8) is 0 Å². The molecule has 4 heteroatoms. The Morgan fingerprint density at radius 3 is 3.00 bits per heavy atom. The van der Waals surface area contributed by atoms with Crippen LogP contribution in [-0.2, 0) is 9.53 Å². The van der Waals surface area contributed by atoms with E-state index in [-0.39, 0.29) is 5.97 Å². The van der Waals surface area contributed by atoms with Gasteiger partial charge in [0.25, 0.3) is 0 Å². The summed E-state index contributed by atoms with van der Waals surface area (Å²) in [6.07, 6.45) is 3.76. The number of carbonyl (C=O) groups excluding carboxylic acids is 2. The van der Waals surface area contributed by atoms with Gasteiger partial charge in [-0.2, -0.15) is 0 Å². The lowest BCUT2D eigenvalue weighted by Gasteiger charge is -1.93. The highest BCUT2D eigenvalue weighted by molar-refractivity contribution is 7.11. The normalized spacial score (nSPS) is 10.4. The van der Waals surface area contributed by atoms with E-state index in [2.05, 4.69) is 0 Å². The highest BCUT2D eigenvalue weighted by atomic mass is 32.1. The van der Waals surface area contributed by atoms with Gasteiger partial charge in [0, 0.05) is 6.08 Å². The first-order chi connectivity index (χ1) is 6.76. The number of rotatable bonds is 4. The Morgan fingerprint density at radius 2 is 2.43 bits per heavy atom. The van der Waals surface area contributed by atoms with Gasteiger partial charge in [-0.1, -0.05) is 0 Å². The van der Waals surface area contributed by atoms with Crippen LogP contribution in [0.1, 0.15) is 22.2 Å². The molecule has 0 saturated carbocycles. The summed E-state index contributed by atoms with van der Waals surface area (Å²) in [5.41, 5.74) is 0.838. The van der Waals surface area contributed by atoms with E-state index >= 15 is 0 Å². The summed E-state index contributed by atoms with van der Waals surface area (Å²) in [7, 11) is 0. The summed E-state index contributed by atoms with van der Waals surface area (Å²) in [5, 5.41) is 1.81. The van der Waals surface area contributed by atoms with E-state index in [0.717, 1.165) is 11.8 Å². The molecular formula is C10H10O3S. The Balaban J connectivity index is 2.59. The zero-order valence-electron chi connectivity index (χ0n) is 7.73. The third-order valence-electron chi connectivity index (χ3n) is 1.45. The first kappa shape index (κ1) is 10.7. The Morgan fingerprint density at radius 1 is 1.64 bits per heavy atom. The van der Waals surface area contributed by atoms with Crippen LogP contribution >= 0.6 is 11.3 Å². The van der Waals surface area contributed by atoms with Crippen LogP contribution in [0.15, 0.2) is 17.5 Å². The Hall–Kier alpha value is -1.42. The van der Waals surface area contributed by atoms with Crippen LogP contribution in [-0.4, -0.2) is 18.9 Å². The molecule has 0 amide bonds. The molecule has 0 saturated heterocycles. The van der Waals surface area contributed by atoms with Crippen molar-refractivity contribution in [1.29, 1.82) is 0 Å². The van der Waals surface area contributed by atoms with Gasteiger partial charge in [-0.3, -0.25) is 4.79 Å². The predicted molar refractivity (Wildman–Crippen MR) is 55.4 cm³/mol. The second kappa shape index (κ2) is 5.34. The maximum Gasteiger partial charge on any atom is 0.330 e. The molecule has 14 heavy (non-hydrogen) atoms. The van der Waals surface area contributed by atoms with Crippen molar-refractivity contribution in [3.05, 3.63) is 28.0 Å². The van der Waals surface area contributed by atoms with Crippen molar-refractivity contribution >= 4 is 29.7 Å². The van der Waals surface area contributed by atoms with Gasteiger partial charge in [-0.15, -0.1) is 11.3 Å². The zero-order chi connectivity index (χ0) is 10.4. The molecule has 0 fully saturated rings. The second-order valence-corrected chi connectivity index (χ2v) is 3.43. The molecular weight excluding hydrogens is 200 g/mol. The van der Waals surface area contributed by atoms with Crippen LogP contribution in [0.4, 0.5) is 0 Å². The molecule has 74 valence electrons. The Kier molecular flexibility index (Phi) is 4.07. The average molecular weight is 210 g/mol. The van der Waals surface area contributed by atoms with Crippen LogP contribution in [0.5, 0.6) is 0 Å². The van der Waals surface area contributed by atoms with E-state index in [1.165, 1.54) is 17.4 Å². The quantitative estimate of drug-likeness (QED) is 0.434. The molecule has 1 rings (SSSR count). The van der Waals surface area contributed by atoms with E-state index < -0.39 is 0 Å². The maximum atomic E-state index is 10.9. The van der Waals surface area contributed by atoms with Crippen molar-refractivity contribution in [3.8, 4) is 0 Å². The summed E-state index contributed by atoms with van der Waals surface area (Å²) in [4.78, 5) is 21.9. The first-order valence-corrected chi connectivity index (χ1v) is 5.02. The van der Waals surface area contributed by atoms with Gasteiger partial charge in [0.2, 0.25) is 0 Å². The lowest BCUT2D eigenvalue weighted by molar-refractivity contribution is -0.137. The topological polar surface area (TPSA) is 43.4 Å². The fraction of sp³-hybridized carbons (Fsp3) is 0.200. The van der Waals surface area contributed by atoms with Crippen LogP contribution in [0.3, 0.4) is 0 Å². The van der Waals surface area contributed by atoms with E-state index in [1.54, 1.807) is 24.4 Å². The molecule has 0 aromatic carbocycles. The number of aldehydes is 1. The van der Waals surface area contributed by atoms with Gasteiger partial charge in [-0.05, 0) is 30.0 Å². The zero-order valence-corrected chi connectivity index (χ0v) is 8.54. The highest BCUT2D eigenvalue weighted by Gasteiger charge is 1.97. The van der Waals surface area contributed by atoms with Gasteiger partial charge in [0.15, 0.2) is 6.29 Å². The lowest BCUT2D eigenvalue weighted by Crippen LogP contribution is -1.98. The first-order valence-electron chi connectivity index (χ1n) is 4.14. The van der Waals surface area contributed by atoms with Crippen molar-refractivity contribution in [2.45, 2.75) is 6.92 Å². The predicted octanol–water partition coefficient (Wildman–Crippen LogP) is 2.14. The van der Waals surface area contributed by atoms with Gasteiger partial charge >= 0.3 is 5.97 Å². The van der Waals surface area contributed by atoms with E-state index in [1.807, 2.05) is 0 Å². The number of ether oxygens (including phenoxy) is 1. The monoisotopic (exact) mass is 210 g/mol. The number of carbonyl (C=O) groups is 2. The van der Waals surface area contributed by atoms with Crippen LogP contribution in [0.2, 0.25) is 0 Å². The number of hydrogen-bond donors (Lipinski definition) is 0. The maximum absolute atomic E-state index is 10.9. The molecule has 3 nitrogen and oxygen atoms in total. The molecule has 1 heterocycles. The second-order valence-electron chi connectivity index (χ2n) is 2.49. The minimum absolute atomic E-state index is 0.367. The third kappa shape index (κ3) is 3.14. The smallest absolute Gasteiger partial charge is 0.330 e. The van der Waals surface area contributed by atoms with Crippen LogP contribution in [0.25, 0.3) is 6.08 Å². The van der Waals surface area contributed by atoms with E-state index in [0.29, 0.717) is 11.5 Å². The summed E-state index contributed by atoms with van der Waals surface area (Å²) in [6.45, 7) is 2.12. The van der Waals surface area contributed by atoms with Gasteiger partial charge in [0.1, 0.15) is 0 Å². The highest BCUT2D eigenvalue weighted by Crippen LogP contribution is 2.13. The molecule has 0 spiro atoms. The minimum atomic E-state index is -0.369. The lowest BCUT2D eigenvalue weighted by atomic mass is 10.3. The summed E-state index contributed by atoms with van der Waals surface area (Å²) in [6, 6.07) is 1.72. The summed E-state index contributed by atoms with van der Waals surface area (Å²) >= 11 is 1.34. The summed E-state index contributed by atoms with van der Waals surface area (Å²) < 4.78 is 4.70. The van der Waals surface area contributed by atoms with Gasteiger partial charge in [-0.25, -0.2) is 4.79 Å². The molecule has 0 aliphatic carbocycles. The average Bonchev–Trinajstić information content (AvgIpc) is 2.63. The van der Waals surface area contributed by atoms with Crippen molar-refractivity contribution < 1.29 is 14.3 Å². The Labute approximate surface area is 86.0 Å². The molecule has 1 aromatic rings. The molecule has 0 N–H and O–H groups in total. The van der Waals surface area contributed by atoms with Crippen molar-refractivity contribution in [2.24, 2.45) is 0 Å². The SMILES string of the molecule is CCOC(=O)C=Cc1csc(C=O)c1. The number of esters is 1. The van der Waals surface area contributed by atoms with Crippen molar-refractivity contribution in [2.75, 3.05) is 6.61 Å². The van der Waals surface area contributed by atoms with Crippen LogP contribution in [0, 0.1) is 0 Å². The molecule has 0 radical (unpaired) electrons. The summed E-state index contributed by atoms with van der Waals surface area (Å²) in [5.74, 6) is -0.369. The molecule has 0 atom stereocenters. The molecule has 0 aliphatic rings. The molecule has 1 aromatic heterocycles. The number of thiophene rings is 1. The van der Waals surface area contributed by atoms with E-state index in [9.17, 15) is 9.59 Å². The van der Waals surface area contributed by atoms with Crippen molar-refractivity contribution in [1.82, 2.24) is 0 Å². The fourth-order valence-corrected chi connectivity index (χ4v) is 1.55. The number of hydrogen-bond acceptors (Lipinski definition) is 4. The molecule has 0 bridgehead atoms. The Bertz CT molecular complexity index is 352. The standard InChI is InChI=1S/C10H10O3S/c1-2-13-10(12)4-3-8-5-9(6-11)14-7-8/h3-7H,2H2,1H3. The van der Waals surface area contributed by atoms with Crippen LogP contribution < -0.4 is 0 Å². The van der Waals surface area contributed by atoms with Gasteiger partial charge in [0.05, 0.1) is 11.5 Å². The minimum Gasteiger partial charge on any atom is -0.463 e. The fourth-order valence-electron chi connectivity index (χ4n) is 0.872. The molecule has 0 aliphatic heterocycles.